The van der Waals surface area contributed by atoms with Crippen molar-refractivity contribution in [3.05, 3.63) is 81.7 Å². The lowest BCUT2D eigenvalue weighted by Crippen LogP contribution is -2.13. The highest BCUT2D eigenvalue weighted by molar-refractivity contribution is 6.42. The van der Waals surface area contributed by atoms with E-state index in [-0.39, 0.29) is 0 Å². The highest BCUT2D eigenvalue weighted by Crippen LogP contribution is 2.33. The summed E-state index contributed by atoms with van der Waals surface area (Å²) in [6.45, 7) is 0. The fourth-order valence-electron chi connectivity index (χ4n) is 2.55. The Morgan fingerprint density at radius 2 is 1.74 bits per heavy atom. The minimum atomic E-state index is -4.40. The Balaban J connectivity index is 1.85. The van der Waals surface area contributed by atoms with Crippen molar-refractivity contribution in [1.29, 1.82) is 0 Å². The van der Waals surface area contributed by atoms with E-state index in [4.69, 9.17) is 23.2 Å². The van der Waals surface area contributed by atoms with Crippen molar-refractivity contribution in [1.82, 2.24) is 9.97 Å². The Bertz CT molecular complexity index is 961. The first-order chi connectivity index (χ1) is 12.7. The summed E-state index contributed by atoms with van der Waals surface area (Å²) < 4.78 is 38.8. The molecule has 3 rings (SSSR count). The Kier molecular flexibility index (Phi) is 5.58. The van der Waals surface area contributed by atoms with Crippen LogP contribution in [0.4, 0.5) is 24.7 Å². The minimum absolute atomic E-state index is 0.379. The molecule has 0 radical (unpaired) electrons. The normalized spacial score (nSPS) is 11.5. The summed E-state index contributed by atoms with van der Waals surface area (Å²) in [6.07, 6.45) is -2.53. The van der Waals surface area contributed by atoms with Gasteiger partial charge in [0.2, 0.25) is 0 Å². The summed E-state index contributed by atoms with van der Waals surface area (Å²) in [5.74, 6) is 0.486. The molecule has 2 aromatic carbocycles. The van der Waals surface area contributed by atoms with E-state index in [1.807, 2.05) is 6.07 Å². The molecule has 0 atom stereocenters. The van der Waals surface area contributed by atoms with E-state index >= 15 is 0 Å². The first kappa shape index (κ1) is 19.5. The average molecular weight is 412 g/mol. The van der Waals surface area contributed by atoms with E-state index < -0.39 is 11.7 Å². The summed E-state index contributed by atoms with van der Waals surface area (Å²) >= 11 is 11.9. The van der Waals surface area contributed by atoms with Gasteiger partial charge in [0.1, 0.15) is 12.1 Å². The number of benzene rings is 2. The molecule has 3 aromatic rings. The zero-order chi connectivity index (χ0) is 19.6. The predicted molar refractivity (Wildman–Crippen MR) is 101 cm³/mol. The smallest absolute Gasteiger partial charge is 0.329 e. The van der Waals surface area contributed by atoms with Crippen LogP contribution >= 0.6 is 23.2 Å². The van der Waals surface area contributed by atoms with Crippen LogP contribution in [0.1, 0.15) is 16.8 Å². The van der Waals surface area contributed by atoms with Crippen molar-refractivity contribution in [2.24, 2.45) is 0 Å². The maximum Gasteiger partial charge on any atom is 0.416 e. The van der Waals surface area contributed by atoms with Crippen LogP contribution < -0.4 is 4.90 Å². The Morgan fingerprint density at radius 3 is 2.44 bits per heavy atom. The predicted octanol–water partition coefficient (Wildman–Crippen LogP) is 6.16. The highest BCUT2D eigenvalue weighted by atomic mass is 35.5. The number of hydrogen-bond acceptors (Lipinski definition) is 3. The molecule has 0 fully saturated rings. The highest BCUT2D eigenvalue weighted by Gasteiger charge is 2.30. The molecule has 0 saturated heterocycles. The van der Waals surface area contributed by atoms with Crippen LogP contribution in [-0.2, 0) is 12.6 Å². The zero-order valence-corrected chi connectivity index (χ0v) is 15.6. The summed E-state index contributed by atoms with van der Waals surface area (Å²) in [5.41, 5.74) is 1.29. The van der Waals surface area contributed by atoms with Crippen LogP contribution in [0.15, 0.2) is 54.9 Å². The molecular formula is C19H14Cl2F3N3. The van der Waals surface area contributed by atoms with Gasteiger partial charge in [-0.05, 0) is 35.9 Å². The molecule has 0 aliphatic heterocycles. The van der Waals surface area contributed by atoms with Crippen molar-refractivity contribution in [2.45, 2.75) is 12.6 Å². The van der Waals surface area contributed by atoms with Gasteiger partial charge in [-0.25, -0.2) is 9.97 Å². The summed E-state index contributed by atoms with van der Waals surface area (Å²) in [4.78, 5) is 9.97. The van der Waals surface area contributed by atoms with E-state index in [2.05, 4.69) is 9.97 Å². The maximum atomic E-state index is 12.9. The quantitative estimate of drug-likeness (QED) is 0.514. The van der Waals surface area contributed by atoms with Gasteiger partial charge >= 0.3 is 6.18 Å². The van der Waals surface area contributed by atoms with Gasteiger partial charge in [-0.15, -0.1) is 0 Å². The maximum absolute atomic E-state index is 12.9. The second kappa shape index (κ2) is 7.74. The number of halogens is 5. The molecule has 27 heavy (non-hydrogen) atoms. The van der Waals surface area contributed by atoms with Gasteiger partial charge < -0.3 is 4.90 Å². The molecule has 3 nitrogen and oxygen atoms in total. The van der Waals surface area contributed by atoms with Crippen LogP contribution in [0.25, 0.3) is 0 Å². The lowest BCUT2D eigenvalue weighted by molar-refractivity contribution is -0.137. The Labute approximate surface area is 164 Å². The lowest BCUT2D eigenvalue weighted by atomic mass is 10.1. The molecule has 1 aromatic heterocycles. The molecule has 0 amide bonds. The monoisotopic (exact) mass is 411 g/mol. The van der Waals surface area contributed by atoms with Gasteiger partial charge in [0.15, 0.2) is 0 Å². The van der Waals surface area contributed by atoms with E-state index in [0.29, 0.717) is 33.7 Å². The number of rotatable bonds is 4. The largest absolute Gasteiger partial charge is 0.416 e. The molecule has 0 N–H and O–H groups in total. The van der Waals surface area contributed by atoms with Crippen molar-refractivity contribution in [3.8, 4) is 0 Å². The Morgan fingerprint density at radius 1 is 0.963 bits per heavy atom. The molecule has 0 aliphatic carbocycles. The average Bonchev–Trinajstić information content (AvgIpc) is 2.64. The topological polar surface area (TPSA) is 29.0 Å². The third-order valence-electron chi connectivity index (χ3n) is 3.98. The summed E-state index contributed by atoms with van der Waals surface area (Å²) in [5, 5.41) is 0.914. The third kappa shape index (κ3) is 4.70. The lowest BCUT2D eigenvalue weighted by Gasteiger charge is -2.20. The molecular weight excluding hydrogens is 398 g/mol. The van der Waals surface area contributed by atoms with Gasteiger partial charge in [-0.2, -0.15) is 13.2 Å². The molecule has 0 unspecified atom stereocenters. The number of anilines is 2. The number of hydrogen-bond donors (Lipinski definition) is 0. The van der Waals surface area contributed by atoms with E-state index in [0.717, 1.165) is 17.7 Å². The molecule has 0 saturated carbocycles. The van der Waals surface area contributed by atoms with E-state index in [1.54, 1.807) is 36.2 Å². The summed E-state index contributed by atoms with van der Waals surface area (Å²) in [7, 11) is 1.65. The van der Waals surface area contributed by atoms with Crippen molar-refractivity contribution in [3.63, 3.8) is 0 Å². The van der Waals surface area contributed by atoms with Crippen LogP contribution in [0.5, 0.6) is 0 Å². The minimum Gasteiger partial charge on any atom is -0.329 e. The van der Waals surface area contributed by atoms with Crippen LogP contribution in [0.2, 0.25) is 10.0 Å². The summed E-state index contributed by atoms with van der Waals surface area (Å²) in [6, 6.07) is 12.1. The zero-order valence-electron chi connectivity index (χ0n) is 14.1. The van der Waals surface area contributed by atoms with Gasteiger partial charge in [0.05, 0.1) is 21.3 Å². The van der Waals surface area contributed by atoms with Gasteiger partial charge in [-0.3, -0.25) is 0 Å². The first-order valence-electron chi connectivity index (χ1n) is 7.90. The van der Waals surface area contributed by atoms with Crippen LogP contribution in [-0.4, -0.2) is 17.0 Å². The molecule has 0 bridgehead atoms. The van der Waals surface area contributed by atoms with Crippen LogP contribution in [0.3, 0.4) is 0 Å². The van der Waals surface area contributed by atoms with Gasteiger partial charge in [0, 0.05) is 25.2 Å². The molecule has 0 aliphatic rings. The number of alkyl halides is 3. The Hall–Kier alpha value is -2.31. The van der Waals surface area contributed by atoms with Crippen molar-refractivity contribution >= 4 is 34.7 Å². The second-order valence-electron chi connectivity index (χ2n) is 5.90. The fourth-order valence-corrected chi connectivity index (χ4v) is 2.87. The molecule has 8 heteroatoms. The molecule has 140 valence electrons. The first-order valence-corrected chi connectivity index (χ1v) is 8.65. The fraction of sp³-hybridized carbons (Fsp3) is 0.158. The van der Waals surface area contributed by atoms with E-state index in [1.165, 1.54) is 12.4 Å². The van der Waals surface area contributed by atoms with Crippen molar-refractivity contribution < 1.29 is 13.2 Å². The van der Waals surface area contributed by atoms with Crippen molar-refractivity contribution in [2.75, 3.05) is 11.9 Å². The molecule has 0 spiro atoms. The van der Waals surface area contributed by atoms with E-state index in [9.17, 15) is 13.2 Å². The van der Waals surface area contributed by atoms with Gasteiger partial charge in [0.25, 0.3) is 0 Å². The second-order valence-corrected chi connectivity index (χ2v) is 6.71. The number of nitrogens with zero attached hydrogens (tertiary/aromatic N) is 3. The molecule has 1 heterocycles. The number of aromatic nitrogens is 2. The van der Waals surface area contributed by atoms with Crippen LogP contribution in [0, 0.1) is 0 Å². The SMILES string of the molecule is CN(c1cccc(C(F)(F)F)c1)c1cc(Cc2ccc(Cl)c(Cl)c2)ncn1. The van der Waals surface area contributed by atoms with Gasteiger partial charge in [-0.1, -0.05) is 35.3 Å². The third-order valence-corrected chi connectivity index (χ3v) is 4.72. The standard InChI is InChI=1S/C19H14Cl2F3N3/c1-27(15-4-2-3-13(9-15)19(22,23)24)18-10-14(25-11-26-18)7-12-5-6-16(20)17(21)8-12/h2-6,8-11H,7H2,1H3.